The van der Waals surface area contributed by atoms with E-state index in [1.165, 1.54) is 21.3 Å². The number of aliphatic imine (C=N–C) groups is 1. The standard InChI is InChI=1S/C52H69N7O11/c1-25(2)46(51(65)58-47(26(3)4)52(66)70-12)57-48(62)39-14-13-21-59(39)42(60)19-15-31-27(5)33-22-35-29(7)44(49(63)55-35)40(67-9)17-18-41(68-10)45-30(8)36(56-50(45)64)23-34-28(6)32(16-20-43(61)69-11)38(54-34)24-37(31)53-33/h22-26,39-41,46-47,53-54H,13-21H2,1-12H3,(H,56,64)(H,57,62)(H,58,65)/b33-22-,36-23+,37-24-/t39-,40-,41-,46-,47+/m0/s1. The molecule has 2 aromatic heterocycles. The summed E-state index contributed by atoms with van der Waals surface area (Å²) in [6, 6.07) is -2.68. The van der Waals surface area contributed by atoms with Crippen molar-refractivity contribution in [3.8, 4) is 0 Å². The van der Waals surface area contributed by atoms with Gasteiger partial charge in [-0.2, -0.15) is 0 Å². The van der Waals surface area contributed by atoms with Gasteiger partial charge in [-0.3, -0.25) is 28.8 Å². The van der Waals surface area contributed by atoms with E-state index in [0.717, 1.165) is 22.3 Å². The van der Waals surface area contributed by atoms with Crippen molar-refractivity contribution in [3.05, 3.63) is 72.3 Å². The van der Waals surface area contributed by atoms with E-state index in [0.29, 0.717) is 94.4 Å². The first-order chi connectivity index (χ1) is 33.2. The Labute approximate surface area is 408 Å². The first-order valence-electron chi connectivity index (χ1n) is 24.1. The Balaban J connectivity index is 1.40. The SMILES string of the molecule is COC(=O)CCc1c2[nH]c(c1C)/C=C1/NC(=O)C(=C1C)[C@@H](OC)CC[C@H](OC)C1=C(C)C(=NC1=O)/C=c1\[nH]/c(c(CCC(=O)N3CCC[C@H]3C(=O)N[C@H](C(=O)N[C@@H](C(=O)OC)C(C)C)C(C)C)c1C)=C\2. The number of aromatic nitrogens is 2. The van der Waals surface area contributed by atoms with Crippen molar-refractivity contribution in [3.63, 3.8) is 0 Å². The molecule has 18 heteroatoms. The van der Waals surface area contributed by atoms with Crippen LogP contribution in [0.5, 0.6) is 0 Å². The number of likely N-dealkylation sites (tertiary alicyclic amines) is 1. The van der Waals surface area contributed by atoms with E-state index < -0.39 is 54.0 Å². The van der Waals surface area contributed by atoms with Crippen LogP contribution >= 0.6 is 0 Å². The number of amides is 5. The van der Waals surface area contributed by atoms with Gasteiger partial charge in [0.1, 0.15) is 18.1 Å². The molecule has 2 aromatic rings. The zero-order valence-electron chi connectivity index (χ0n) is 42.5. The molecule has 0 spiro atoms. The Morgan fingerprint density at radius 1 is 0.729 bits per heavy atom. The highest BCUT2D eigenvalue weighted by atomic mass is 16.5. The van der Waals surface area contributed by atoms with Gasteiger partial charge in [0.15, 0.2) is 0 Å². The van der Waals surface area contributed by atoms with E-state index in [-0.39, 0.29) is 48.9 Å². The van der Waals surface area contributed by atoms with Crippen molar-refractivity contribution in [2.75, 3.05) is 35.0 Å². The fourth-order valence-corrected chi connectivity index (χ4v) is 9.92. The molecule has 0 radical (unpaired) electrons. The van der Waals surface area contributed by atoms with E-state index in [4.69, 9.17) is 18.9 Å². The molecular weight excluding hydrogens is 899 g/mol. The molecule has 6 heterocycles. The van der Waals surface area contributed by atoms with E-state index >= 15 is 0 Å². The van der Waals surface area contributed by atoms with Gasteiger partial charge < -0.3 is 49.8 Å². The number of H-pyrrole nitrogens is 2. The fourth-order valence-electron chi connectivity index (χ4n) is 9.92. The van der Waals surface area contributed by atoms with Crippen molar-refractivity contribution < 1.29 is 52.5 Å². The Kier molecular flexibility index (Phi) is 17.1. The van der Waals surface area contributed by atoms with Crippen LogP contribution < -0.4 is 26.6 Å². The van der Waals surface area contributed by atoms with E-state index in [1.54, 1.807) is 39.7 Å². The maximum atomic E-state index is 14.3. The van der Waals surface area contributed by atoms with Crippen LogP contribution in [0.15, 0.2) is 33.0 Å². The third-order valence-corrected chi connectivity index (χ3v) is 14.1. The summed E-state index contributed by atoms with van der Waals surface area (Å²) in [5.74, 6) is -3.49. The van der Waals surface area contributed by atoms with Crippen LogP contribution in [0.4, 0.5) is 0 Å². The number of fused-ring (bicyclic) bond motifs is 6. The fraction of sp³-hybridized carbons (Fsp3) is 0.538. The minimum atomic E-state index is -0.971. The number of ether oxygens (including phenoxy) is 4. The van der Waals surface area contributed by atoms with Crippen molar-refractivity contribution in [2.45, 2.75) is 137 Å². The first-order valence-corrected chi connectivity index (χ1v) is 24.1. The van der Waals surface area contributed by atoms with E-state index in [2.05, 4.69) is 30.9 Å². The molecule has 4 aliphatic rings. The molecule has 0 unspecified atom stereocenters. The molecular formula is C52H69N7O11. The van der Waals surface area contributed by atoms with Crippen molar-refractivity contribution >= 4 is 65.4 Å². The van der Waals surface area contributed by atoms with Gasteiger partial charge in [-0.25, -0.2) is 9.79 Å². The number of rotatable bonds is 15. The predicted octanol–water partition coefficient (Wildman–Crippen LogP) is 2.96. The largest absolute Gasteiger partial charge is 0.469 e. The summed E-state index contributed by atoms with van der Waals surface area (Å²) in [5, 5.41) is 9.96. The number of carbonyl (C=O) groups is 7. The highest BCUT2D eigenvalue weighted by molar-refractivity contribution is 6.31. The quantitative estimate of drug-likeness (QED) is 0.163. The first kappa shape index (κ1) is 53.0. The molecule has 378 valence electrons. The summed E-state index contributed by atoms with van der Waals surface area (Å²) >= 11 is 0. The molecule has 5 amide bonds. The van der Waals surface area contributed by atoms with Crippen LogP contribution in [-0.2, 0) is 65.4 Å². The van der Waals surface area contributed by atoms with Crippen LogP contribution in [0.2, 0.25) is 0 Å². The molecule has 18 nitrogen and oxygen atoms in total. The van der Waals surface area contributed by atoms with Gasteiger partial charge >= 0.3 is 11.9 Å². The topological polar surface area (TPSA) is 240 Å². The monoisotopic (exact) mass is 968 g/mol. The van der Waals surface area contributed by atoms with Gasteiger partial charge in [0.05, 0.1) is 43.3 Å². The Hall–Kier alpha value is -6.40. The molecule has 6 rings (SSSR count). The molecule has 8 bridgehead atoms. The number of hydrogen-bond acceptors (Lipinski definition) is 11. The van der Waals surface area contributed by atoms with Crippen LogP contribution in [0.1, 0.15) is 114 Å². The summed E-state index contributed by atoms with van der Waals surface area (Å²) < 4.78 is 21.7. The Morgan fingerprint density at radius 3 is 2.01 bits per heavy atom. The minimum absolute atomic E-state index is 0.0382. The number of nitrogens with one attached hydrogen (secondary N) is 5. The second-order valence-electron chi connectivity index (χ2n) is 19.1. The predicted molar refractivity (Wildman–Crippen MR) is 262 cm³/mol. The number of aromatic amines is 2. The van der Waals surface area contributed by atoms with Crippen LogP contribution in [0, 0.1) is 25.7 Å². The van der Waals surface area contributed by atoms with Gasteiger partial charge in [0, 0.05) is 61.4 Å². The molecule has 5 N–H and O–H groups in total. The minimum Gasteiger partial charge on any atom is -0.469 e. The average Bonchev–Trinajstić information content (AvgIpc) is 4.12. The Bertz CT molecular complexity index is 2700. The molecule has 1 saturated heterocycles. The van der Waals surface area contributed by atoms with Crippen molar-refractivity contribution in [2.24, 2.45) is 16.8 Å². The Morgan fingerprint density at radius 2 is 1.39 bits per heavy atom. The lowest BCUT2D eigenvalue weighted by atomic mass is 9.94. The van der Waals surface area contributed by atoms with E-state index in [9.17, 15) is 33.6 Å². The van der Waals surface area contributed by atoms with Gasteiger partial charge in [-0.1, -0.05) is 27.7 Å². The number of allylic oxidation sites excluding steroid dienone is 2. The second-order valence-corrected chi connectivity index (χ2v) is 19.1. The normalized spacial score (nSPS) is 21.9. The van der Waals surface area contributed by atoms with Crippen LogP contribution in [0.25, 0.3) is 18.2 Å². The summed E-state index contributed by atoms with van der Waals surface area (Å²) in [7, 11) is 5.68. The van der Waals surface area contributed by atoms with Crippen LogP contribution in [0.3, 0.4) is 0 Å². The second kappa shape index (κ2) is 22.6. The zero-order chi connectivity index (χ0) is 51.3. The van der Waals surface area contributed by atoms with E-state index in [1.807, 2.05) is 45.9 Å². The third-order valence-electron chi connectivity index (χ3n) is 14.1. The lowest BCUT2D eigenvalue weighted by Crippen LogP contribution is -2.57. The average molecular weight is 968 g/mol. The molecule has 70 heavy (non-hydrogen) atoms. The lowest BCUT2D eigenvalue weighted by molar-refractivity contribution is -0.147. The van der Waals surface area contributed by atoms with Gasteiger partial charge in [-0.15, -0.1) is 0 Å². The maximum absolute atomic E-state index is 14.3. The molecule has 0 aromatic carbocycles. The van der Waals surface area contributed by atoms with Crippen molar-refractivity contribution in [1.82, 2.24) is 30.8 Å². The van der Waals surface area contributed by atoms with Gasteiger partial charge in [0.2, 0.25) is 17.7 Å². The molecule has 0 saturated carbocycles. The molecule has 5 atom stereocenters. The molecule has 4 aliphatic heterocycles. The van der Waals surface area contributed by atoms with Crippen LogP contribution in [-0.4, -0.2) is 127 Å². The number of hydrogen-bond donors (Lipinski definition) is 5. The summed E-state index contributed by atoms with van der Waals surface area (Å²) in [5.41, 5.74) is 8.01. The highest BCUT2D eigenvalue weighted by Gasteiger charge is 2.38. The number of carbonyl (C=O) groups excluding carboxylic acids is 7. The number of methoxy groups -OCH3 is 4. The molecule has 1 fully saturated rings. The zero-order valence-corrected chi connectivity index (χ0v) is 42.5. The smallest absolute Gasteiger partial charge is 0.328 e. The highest BCUT2D eigenvalue weighted by Crippen LogP contribution is 2.32. The van der Waals surface area contributed by atoms with Gasteiger partial charge in [0.25, 0.3) is 11.8 Å². The number of esters is 2. The summed E-state index contributed by atoms with van der Waals surface area (Å²) in [6.45, 7) is 15.1. The summed E-state index contributed by atoms with van der Waals surface area (Å²) in [6.07, 6.45) is 6.89. The van der Waals surface area contributed by atoms with Gasteiger partial charge in [-0.05, 0) is 130 Å². The summed E-state index contributed by atoms with van der Waals surface area (Å²) in [4.78, 5) is 107. The third kappa shape index (κ3) is 11.1. The molecule has 0 aliphatic carbocycles. The maximum Gasteiger partial charge on any atom is 0.328 e. The van der Waals surface area contributed by atoms with Crippen molar-refractivity contribution in [1.29, 1.82) is 0 Å². The lowest BCUT2D eigenvalue weighted by Gasteiger charge is -2.29. The number of nitrogens with zero attached hydrogens (tertiary/aromatic N) is 2.